The first-order valence-corrected chi connectivity index (χ1v) is 11.1. The van der Waals surface area contributed by atoms with Crippen molar-refractivity contribution in [1.82, 2.24) is 5.01 Å². The summed E-state index contributed by atoms with van der Waals surface area (Å²) in [4.78, 5) is 25.4. The van der Waals surface area contributed by atoms with Crippen LogP contribution in [0.5, 0.6) is 17.2 Å². The van der Waals surface area contributed by atoms with Gasteiger partial charge in [-0.15, -0.1) is 11.3 Å². The summed E-state index contributed by atoms with van der Waals surface area (Å²) in [7, 11) is 3.15. The van der Waals surface area contributed by atoms with Crippen molar-refractivity contribution in [3.05, 3.63) is 76.0 Å². The number of nitrogens with zero attached hydrogens (tertiary/aromatic N) is 2. The molecule has 0 aliphatic carbocycles. The normalized spacial score (nSPS) is 15.2. The van der Waals surface area contributed by atoms with Gasteiger partial charge in [0.05, 0.1) is 30.9 Å². The topological polar surface area (TPSA) is 103 Å². The molecule has 4 rings (SSSR count). The molecule has 2 N–H and O–H groups in total. The maximum absolute atomic E-state index is 13.1. The summed E-state index contributed by atoms with van der Waals surface area (Å²) in [5, 5.41) is 8.08. The number of hydrazone groups is 1. The van der Waals surface area contributed by atoms with Gasteiger partial charge in [-0.1, -0.05) is 12.1 Å². The first-order valence-electron chi connectivity index (χ1n) is 10.2. The van der Waals surface area contributed by atoms with Crippen LogP contribution in [-0.2, 0) is 4.79 Å². The van der Waals surface area contributed by atoms with Gasteiger partial charge in [0.2, 0.25) is 5.91 Å². The van der Waals surface area contributed by atoms with E-state index in [0.29, 0.717) is 29.2 Å². The van der Waals surface area contributed by atoms with E-state index in [0.717, 1.165) is 16.2 Å². The number of carbonyl (C=O) groups excluding carboxylic acids is 2. The van der Waals surface area contributed by atoms with Crippen molar-refractivity contribution >= 4 is 28.9 Å². The minimum atomic E-state index is -0.525. The van der Waals surface area contributed by atoms with Gasteiger partial charge in [0, 0.05) is 12.0 Å². The highest BCUT2D eigenvalue weighted by atomic mass is 32.1. The molecule has 1 unspecified atom stereocenters. The number of benzene rings is 2. The van der Waals surface area contributed by atoms with Crippen molar-refractivity contribution < 1.29 is 23.8 Å². The first-order chi connectivity index (χ1) is 16.0. The maximum Gasteiger partial charge on any atom is 0.281 e. The van der Waals surface area contributed by atoms with E-state index in [1.165, 1.54) is 5.01 Å². The molecule has 9 heteroatoms. The Bertz CT molecular complexity index is 1180. The molecule has 33 heavy (non-hydrogen) atoms. The van der Waals surface area contributed by atoms with Crippen LogP contribution < -0.4 is 19.9 Å². The molecule has 0 saturated carbocycles. The van der Waals surface area contributed by atoms with Crippen LogP contribution in [-0.4, -0.2) is 43.4 Å². The van der Waals surface area contributed by atoms with E-state index in [-0.39, 0.29) is 18.6 Å². The standard InChI is InChI=1S/C24H23N3O5S/c1-30-20-10-7-16(12-21(20)31-2)19-13-18(22-4-3-11-33-22)26-27(19)23(28)14-32-17-8-5-15(6-9-17)24(25)29/h3-12,19H,13-14H2,1-2H3,(H2,25,29). The molecule has 2 aromatic carbocycles. The van der Waals surface area contributed by atoms with Crippen LogP contribution in [0.4, 0.5) is 0 Å². The van der Waals surface area contributed by atoms with Crippen LogP contribution in [0.2, 0.25) is 0 Å². The van der Waals surface area contributed by atoms with Gasteiger partial charge in [0.15, 0.2) is 18.1 Å². The number of carbonyl (C=O) groups is 2. The van der Waals surface area contributed by atoms with Crippen molar-refractivity contribution in [2.75, 3.05) is 20.8 Å². The molecule has 0 bridgehead atoms. The van der Waals surface area contributed by atoms with E-state index < -0.39 is 5.91 Å². The number of amides is 2. The van der Waals surface area contributed by atoms with Gasteiger partial charge in [-0.25, -0.2) is 5.01 Å². The largest absolute Gasteiger partial charge is 0.493 e. The average molecular weight is 466 g/mol. The molecule has 1 aliphatic rings. The Kier molecular flexibility index (Phi) is 6.60. The number of methoxy groups -OCH3 is 2. The van der Waals surface area contributed by atoms with Crippen LogP contribution in [0.1, 0.15) is 33.3 Å². The lowest BCUT2D eigenvalue weighted by Gasteiger charge is -2.23. The SMILES string of the molecule is COc1ccc(C2CC(c3cccs3)=NN2C(=O)COc2ccc(C(N)=O)cc2)cc1OC. The zero-order valence-electron chi connectivity index (χ0n) is 18.2. The van der Waals surface area contributed by atoms with Gasteiger partial charge in [0.1, 0.15) is 5.75 Å². The Morgan fingerprint density at radius 1 is 1.09 bits per heavy atom. The number of thiophene rings is 1. The highest BCUT2D eigenvalue weighted by molar-refractivity contribution is 7.12. The molecular formula is C24H23N3O5S. The molecule has 0 spiro atoms. The fourth-order valence-electron chi connectivity index (χ4n) is 3.58. The van der Waals surface area contributed by atoms with Crippen LogP contribution in [0, 0.1) is 0 Å². The quantitative estimate of drug-likeness (QED) is 0.547. The number of rotatable bonds is 8. The molecule has 0 saturated heterocycles. The Morgan fingerprint density at radius 2 is 1.85 bits per heavy atom. The summed E-state index contributed by atoms with van der Waals surface area (Å²) < 4.78 is 16.4. The van der Waals surface area contributed by atoms with Crippen molar-refractivity contribution in [3.63, 3.8) is 0 Å². The summed E-state index contributed by atoms with van der Waals surface area (Å²) in [5.41, 5.74) is 7.34. The second kappa shape index (κ2) is 9.74. The zero-order valence-corrected chi connectivity index (χ0v) is 19.0. The molecule has 2 heterocycles. The highest BCUT2D eigenvalue weighted by Gasteiger charge is 2.34. The van der Waals surface area contributed by atoms with Crippen molar-refractivity contribution in [2.24, 2.45) is 10.8 Å². The molecule has 1 aliphatic heterocycles. The lowest BCUT2D eigenvalue weighted by Crippen LogP contribution is -2.31. The molecular weight excluding hydrogens is 442 g/mol. The van der Waals surface area contributed by atoms with Crippen LogP contribution in [0.25, 0.3) is 0 Å². The summed E-state index contributed by atoms with van der Waals surface area (Å²) in [6.07, 6.45) is 0.565. The third kappa shape index (κ3) is 4.83. The molecule has 0 radical (unpaired) electrons. The number of nitrogens with two attached hydrogens (primary N) is 1. The van der Waals surface area contributed by atoms with Gasteiger partial charge in [-0.3, -0.25) is 9.59 Å². The molecule has 0 fully saturated rings. The molecule has 1 aromatic heterocycles. The Balaban J connectivity index is 1.56. The lowest BCUT2D eigenvalue weighted by molar-refractivity contribution is -0.135. The molecule has 1 atom stereocenters. The first kappa shape index (κ1) is 22.3. The van der Waals surface area contributed by atoms with Crippen molar-refractivity contribution in [2.45, 2.75) is 12.5 Å². The third-order valence-electron chi connectivity index (χ3n) is 5.27. The van der Waals surface area contributed by atoms with E-state index >= 15 is 0 Å². The van der Waals surface area contributed by atoms with E-state index in [9.17, 15) is 9.59 Å². The fourth-order valence-corrected chi connectivity index (χ4v) is 4.30. The van der Waals surface area contributed by atoms with Gasteiger partial charge >= 0.3 is 0 Å². The monoisotopic (exact) mass is 465 g/mol. The Labute approximate surface area is 195 Å². The summed E-state index contributed by atoms with van der Waals surface area (Å²) in [6.45, 7) is -0.207. The minimum Gasteiger partial charge on any atom is -0.493 e. The van der Waals surface area contributed by atoms with Crippen molar-refractivity contribution in [1.29, 1.82) is 0 Å². The predicted molar refractivity (Wildman–Crippen MR) is 125 cm³/mol. The van der Waals surface area contributed by atoms with Crippen LogP contribution in [0.3, 0.4) is 0 Å². The smallest absolute Gasteiger partial charge is 0.281 e. The molecule has 8 nitrogen and oxygen atoms in total. The summed E-state index contributed by atoms with van der Waals surface area (Å²) in [5.74, 6) is 0.831. The molecule has 2 amide bonds. The second-order valence-electron chi connectivity index (χ2n) is 7.27. The van der Waals surface area contributed by atoms with Gasteiger partial charge in [-0.2, -0.15) is 5.10 Å². The molecule has 3 aromatic rings. The van der Waals surface area contributed by atoms with E-state index in [1.807, 2.05) is 35.7 Å². The fraction of sp³-hybridized carbons (Fsp3) is 0.208. The van der Waals surface area contributed by atoms with Crippen LogP contribution in [0.15, 0.2) is 65.1 Å². The lowest BCUT2D eigenvalue weighted by atomic mass is 10.0. The summed E-state index contributed by atoms with van der Waals surface area (Å²) in [6, 6.07) is 15.5. The van der Waals surface area contributed by atoms with E-state index in [1.54, 1.807) is 49.8 Å². The molecule has 170 valence electrons. The second-order valence-corrected chi connectivity index (χ2v) is 8.22. The number of hydrogen-bond acceptors (Lipinski definition) is 7. The van der Waals surface area contributed by atoms with E-state index in [2.05, 4.69) is 5.10 Å². The van der Waals surface area contributed by atoms with Gasteiger partial charge < -0.3 is 19.9 Å². The number of primary amides is 1. The van der Waals surface area contributed by atoms with E-state index in [4.69, 9.17) is 19.9 Å². The zero-order chi connectivity index (χ0) is 23.4. The Morgan fingerprint density at radius 3 is 2.48 bits per heavy atom. The number of hydrogen-bond donors (Lipinski definition) is 1. The predicted octanol–water partition coefficient (Wildman–Crippen LogP) is 3.62. The minimum absolute atomic E-state index is 0.207. The highest BCUT2D eigenvalue weighted by Crippen LogP contribution is 2.37. The maximum atomic E-state index is 13.1. The number of ether oxygens (including phenoxy) is 3. The third-order valence-corrected chi connectivity index (χ3v) is 6.18. The van der Waals surface area contributed by atoms with Crippen LogP contribution >= 0.6 is 11.3 Å². The Hall–Kier alpha value is -3.85. The summed E-state index contributed by atoms with van der Waals surface area (Å²) >= 11 is 1.58. The average Bonchev–Trinajstić information content (AvgIpc) is 3.52. The van der Waals surface area contributed by atoms with Gasteiger partial charge in [-0.05, 0) is 53.4 Å². The van der Waals surface area contributed by atoms with Crippen molar-refractivity contribution in [3.8, 4) is 17.2 Å². The van der Waals surface area contributed by atoms with Gasteiger partial charge in [0.25, 0.3) is 5.91 Å².